The summed E-state index contributed by atoms with van der Waals surface area (Å²) < 4.78 is 5.87. The van der Waals surface area contributed by atoms with Crippen molar-refractivity contribution in [3.05, 3.63) is 46.4 Å². The van der Waals surface area contributed by atoms with Gasteiger partial charge in [0.15, 0.2) is 0 Å². The predicted molar refractivity (Wildman–Crippen MR) is 86.5 cm³/mol. The zero-order chi connectivity index (χ0) is 15.4. The number of carbonyl (C=O) groups excluding carboxylic acids is 1. The fourth-order valence-electron chi connectivity index (χ4n) is 2.21. The average molecular weight is 352 g/mol. The van der Waals surface area contributed by atoms with Crippen molar-refractivity contribution in [1.82, 2.24) is 4.90 Å². The van der Waals surface area contributed by atoms with Gasteiger partial charge < -0.3 is 14.7 Å². The van der Waals surface area contributed by atoms with Gasteiger partial charge in [0.05, 0.1) is 12.7 Å². The molecule has 0 radical (unpaired) electrons. The minimum absolute atomic E-state index is 0.116. The molecular formula is C16H18BrNO3. The molecule has 4 nitrogen and oxygen atoms in total. The topological polar surface area (TPSA) is 49.8 Å². The first-order valence-electron chi connectivity index (χ1n) is 6.63. The number of methoxy groups -OCH3 is 1. The molecular weight excluding hydrogens is 334 g/mol. The first-order valence-corrected chi connectivity index (χ1v) is 7.42. The number of ether oxygens (including phenoxy) is 1. The van der Waals surface area contributed by atoms with E-state index in [0.29, 0.717) is 5.56 Å². The molecule has 1 atom stereocenters. The van der Waals surface area contributed by atoms with Gasteiger partial charge in [-0.15, -0.1) is 0 Å². The van der Waals surface area contributed by atoms with Crippen molar-refractivity contribution in [1.29, 1.82) is 0 Å². The number of benzene rings is 2. The lowest BCUT2D eigenvalue weighted by atomic mass is 10.1. The first kappa shape index (κ1) is 15.9. The molecule has 1 amide bonds. The average Bonchev–Trinajstić information content (AvgIpc) is 2.46. The van der Waals surface area contributed by atoms with E-state index in [0.717, 1.165) is 15.2 Å². The number of fused-ring (bicyclic) bond motifs is 1. The normalized spacial score (nSPS) is 12.4. The number of aliphatic hydroxyl groups is 1. The second-order valence-corrected chi connectivity index (χ2v) is 5.92. The van der Waals surface area contributed by atoms with E-state index in [9.17, 15) is 9.90 Å². The Balaban J connectivity index is 2.17. The number of hydrogen-bond donors (Lipinski definition) is 1. The van der Waals surface area contributed by atoms with Gasteiger partial charge in [-0.1, -0.05) is 28.1 Å². The zero-order valence-corrected chi connectivity index (χ0v) is 13.6. The van der Waals surface area contributed by atoms with E-state index in [1.807, 2.05) is 30.3 Å². The molecule has 2 aromatic rings. The summed E-state index contributed by atoms with van der Waals surface area (Å²) in [5.41, 5.74) is 0.608. The lowest BCUT2D eigenvalue weighted by Gasteiger charge is -2.20. The van der Waals surface area contributed by atoms with Crippen molar-refractivity contribution in [3.8, 4) is 0 Å². The van der Waals surface area contributed by atoms with Gasteiger partial charge in [-0.25, -0.2) is 0 Å². The molecule has 1 N–H and O–H groups in total. The highest BCUT2D eigenvalue weighted by Gasteiger charge is 2.15. The molecule has 0 bridgehead atoms. The highest BCUT2D eigenvalue weighted by atomic mass is 79.9. The highest BCUT2D eigenvalue weighted by molar-refractivity contribution is 9.10. The molecule has 5 heteroatoms. The molecule has 2 aromatic carbocycles. The third-order valence-electron chi connectivity index (χ3n) is 3.24. The Bertz CT molecular complexity index is 644. The van der Waals surface area contributed by atoms with Crippen LogP contribution < -0.4 is 0 Å². The van der Waals surface area contributed by atoms with Gasteiger partial charge in [0.1, 0.15) is 0 Å². The van der Waals surface area contributed by atoms with Gasteiger partial charge in [-0.05, 0) is 35.0 Å². The third kappa shape index (κ3) is 4.03. The SMILES string of the molecule is COCC(O)CN(C)C(=O)c1ccc2cc(Br)ccc2c1. The molecule has 0 fully saturated rings. The van der Waals surface area contributed by atoms with Crippen LogP contribution in [0.25, 0.3) is 10.8 Å². The standard InChI is InChI=1S/C16H18BrNO3/c1-18(9-15(19)10-21-2)16(20)13-4-3-12-8-14(17)6-5-11(12)7-13/h3-8,15,19H,9-10H2,1-2H3. The summed E-state index contributed by atoms with van der Waals surface area (Å²) in [6, 6.07) is 11.5. The summed E-state index contributed by atoms with van der Waals surface area (Å²) in [5.74, 6) is -0.116. The molecule has 0 saturated carbocycles. The maximum Gasteiger partial charge on any atom is 0.253 e. The Morgan fingerprint density at radius 3 is 2.67 bits per heavy atom. The van der Waals surface area contributed by atoms with Crippen molar-refractivity contribution >= 4 is 32.6 Å². The van der Waals surface area contributed by atoms with Crippen LogP contribution in [0.15, 0.2) is 40.9 Å². The van der Waals surface area contributed by atoms with Gasteiger partial charge in [0, 0.05) is 30.7 Å². The van der Waals surface area contributed by atoms with Crippen molar-refractivity contribution in [2.75, 3.05) is 27.3 Å². The van der Waals surface area contributed by atoms with Crippen molar-refractivity contribution in [2.45, 2.75) is 6.10 Å². The fourth-order valence-corrected chi connectivity index (χ4v) is 2.59. The second kappa shape index (κ2) is 7.02. The Hall–Kier alpha value is -1.43. The van der Waals surface area contributed by atoms with E-state index in [2.05, 4.69) is 15.9 Å². The Labute approximate surface area is 132 Å². The number of hydrogen-bond acceptors (Lipinski definition) is 3. The predicted octanol–water partition coefficient (Wildman–Crippen LogP) is 2.68. The monoisotopic (exact) mass is 351 g/mol. The number of nitrogens with zero attached hydrogens (tertiary/aromatic N) is 1. The van der Waals surface area contributed by atoms with Gasteiger partial charge in [0.2, 0.25) is 0 Å². The molecule has 1 unspecified atom stereocenters. The van der Waals surface area contributed by atoms with E-state index in [-0.39, 0.29) is 19.1 Å². The largest absolute Gasteiger partial charge is 0.389 e. The van der Waals surface area contributed by atoms with Gasteiger partial charge in [-0.2, -0.15) is 0 Å². The minimum atomic E-state index is -0.680. The molecule has 21 heavy (non-hydrogen) atoms. The highest BCUT2D eigenvalue weighted by Crippen LogP contribution is 2.21. The maximum absolute atomic E-state index is 12.4. The number of rotatable bonds is 5. The molecule has 0 aromatic heterocycles. The van der Waals surface area contributed by atoms with E-state index < -0.39 is 6.10 Å². The number of aliphatic hydroxyl groups excluding tert-OH is 1. The van der Waals surface area contributed by atoms with E-state index in [1.54, 1.807) is 13.1 Å². The summed E-state index contributed by atoms with van der Waals surface area (Å²) in [4.78, 5) is 13.9. The van der Waals surface area contributed by atoms with Crippen LogP contribution in [-0.4, -0.2) is 49.3 Å². The quantitative estimate of drug-likeness (QED) is 0.900. The molecule has 0 saturated heterocycles. The zero-order valence-electron chi connectivity index (χ0n) is 12.0. The third-order valence-corrected chi connectivity index (χ3v) is 3.73. The summed E-state index contributed by atoms with van der Waals surface area (Å²) in [6.07, 6.45) is -0.680. The van der Waals surface area contributed by atoms with Crippen LogP contribution in [0.5, 0.6) is 0 Å². The Kier molecular flexibility index (Phi) is 5.33. The van der Waals surface area contributed by atoms with E-state index in [4.69, 9.17) is 4.74 Å². The number of carbonyl (C=O) groups is 1. The van der Waals surface area contributed by atoms with Crippen LogP contribution in [-0.2, 0) is 4.74 Å². The van der Waals surface area contributed by atoms with Crippen LogP contribution in [0.3, 0.4) is 0 Å². The summed E-state index contributed by atoms with van der Waals surface area (Å²) in [7, 11) is 3.19. The number of amides is 1. The van der Waals surface area contributed by atoms with Gasteiger partial charge in [-0.3, -0.25) is 4.79 Å². The molecule has 0 heterocycles. The number of halogens is 1. The lowest BCUT2D eigenvalue weighted by Crippen LogP contribution is -2.36. The summed E-state index contributed by atoms with van der Waals surface area (Å²) >= 11 is 3.43. The van der Waals surface area contributed by atoms with Crippen molar-refractivity contribution < 1.29 is 14.6 Å². The summed E-state index contributed by atoms with van der Waals surface area (Å²) in [6.45, 7) is 0.453. The minimum Gasteiger partial charge on any atom is -0.389 e. The first-order chi connectivity index (χ1) is 10.0. The van der Waals surface area contributed by atoms with Crippen LogP contribution in [0.4, 0.5) is 0 Å². The maximum atomic E-state index is 12.4. The lowest BCUT2D eigenvalue weighted by molar-refractivity contribution is 0.0380. The fraction of sp³-hybridized carbons (Fsp3) is 0.312. The van der Waals surface area contributed by atoms with Crippen LogP contribution >= 0.6 is 15.9 Å². The smallest absolute Gasteiger partial charge is 0.253 e. The van der Waals surface area contributed by atoms with Crippen molar-refractivity contribution in [2.24, 2.45) is 0 Å². The Morgan fingerprint density at radius 2 is 1.95 bits per heavy atom. The molecule has 0 aliphatic carbocycles. The van der Waals surface area contributed by atoms with Crippen LogP contribution in [0.2, 0.25) is 0 Å². The molecule has 0 aliphatic rings. The van der Waals surface area contributed by atoms with E-state index >= 15 is 0 Å². The van der Waals surface area contributed by atoms with Gasteiger partial charge in [0.25, 0.3) is 5.91 Å². The second-order valence-electron chi connectivity index (χ2n) is 5.00. The molecule has 112 valence electrons. The molecule has 0 spiro atoms. The molecule has 0 aliphatic heterocycles. The number of likely N-dealkylation sites (N-methyl/N-ethyl adjacent to an activating group) is 1. The van der Waals surface area contributed by atoms with Crippen molar-refractivity contribution in [3.63, 3.8) is 0 Å². The van der Waals surface area contributed by atoms with Crippen LogP contribution in [0, 0.1) is 0 Å². The van der Waals surface area contributed by atoms with E-state index in [1.165, 1.54) is 12.0 Å². The summed E-state index contributed by atoms with van der Waals surface area (Å²) in [5, 5.41) is 11.8. The molecule has 2 rings (SSSR count). The Morgan fingerprint density at radius 1 is 1.29 bits per heavy atom. The van der Waals surface area contributed by atoms with Gasteiger partial charge >= 0.3 is 0 Å². The van der Waals surface area contributed by atoms with Crippen LogP contribution in [0.1, 0.15) is 10.4 Å².